The van der Waals surface area contributed by atoms with Crippen LogP contribution in [0.2, 0.25) is 0 Å². The number of aliphatic carboxylic acids is 1. The van der Waals surface area contributed by atoms with Crippen molar-refractivity contribution in [2.45, 2.75) is 65.5 Å². The SMILES string of the molecule is CCN(C(=O)OC(C)(C)C)C(C(=O)O)c1ccc(C(C)(C)C)s1. The number of carboxylic acid groups (broad SMARTS) is 1. The molecular formula is C17H27NO4S. The lowest BCUT2D eigenvalue weighted by Crippen LogP contribution is -2.41. The monoisotopic (exact) mass is 341 g/mol. The quantitative estimate of drug-likeness (QED) is 0.880. The maximum absolute atomic E-state index is 12.4. The molecule has 1 heterocycles. The third-order valence-corrected chi connectivity index (χ3v) is 4.71. The lowest BCUT2D eigenvalue weighted by Gasteiger charge is -2.30. The number of hydrogen-bond acceptors (Lipinski definition) is 4. The molecule has 0 aliphatic heterocycles. The average molecular weight is 341 g/mol. The molecule has 1 aromatic rings. The molecular weight excluding hydrogens is 314 g/mol. The van der Waals surface area contributed by atoms with Gasteiger partial charge >= 0.3 is 12.1 Å². The van der Waals surface area contributed by atoms with Crippen molar-refractivity contribution in [2.75, 3.05) is 6.54 Å². The molecule has 0 bridgehead atoms. The summed E-state index contributed by atoms with van der Waals surface area (Å²) < 4.78 is 5.35. The maximum atomic E-state index is 12.4. The fourth-order valence-corrected chi connectivity index (χ4v) is 3.22. The molecule has 0 spiro atoms. The number of rotatable bonds is 4. The van der Waals surface area contributed by atoms with Crippen LogP contribution in [-0.4, -0.2) is 34.2 Å². The third kappa shape index (κ3) is 5.23. The highest BCUT2D eigenvalue weighted by Crippen LogP contribution is 2.35. The highest BCUT2D eigenvalue weighted by atomic mass is 32.1. The molecule has 0 aliphatic carbocycles. The molecule has 1 unspecified atom stereocenters. The van der Waals surface area contributed by atoms with Crippen LogP contribution < -0.4 is 0 Å². The first-order valence-corrected chi connectivity index (χ1v) is 8.51. The average Bonchev–Trinajstić information content (AvgIpc) is 2.81. The molecule has 5 nitrogen and oxygen atoms in total. The molecule has 0 radical (unpaired) electrons. The van der Waals surface area contributed by atoms with Gasteiger partial charge in [-0.25, -0.2) is 9.59 Å². The topological polar surface area (TPSA) is 66.8 Å². The van der Waals surface area contributed by atoms with Crippen molar-refractivity contribution < 1.29 is 19.4 Å². The predicted molar refractivity (Wildman–Crippen MR) is 92.0 cm³/mol. The minimum absolute atomic E-state index is 0.0606. The Balaban J connectivity index is 3.16. The first kappa shape index (κ1) is 19.5. The summed E-state index contributed by atoms with van der Waals surface area (Å²) in [5.41, 5.74) is -0.728. The number of nitrogens with zero attached hydrogens (tertiary/aromatic N) is 1. The van der Waals surface area contributed by atoms with Crippen LogP contribution in [0.5, 0.6) is 0 Å². The highest BCUT2D eigenvalue weighted by Gasteiger charge is 2.34. The van der Waals surface area contributed by atoms with E-state index in [2.05, 4.69) is 20.8 Å². The fraction of sp³-hybridized carbons (Fsp3) is 0.647. The van der Waals surface area contributed by atoms with Crippen molar-refractivity contribution >= 4 is 23.4 Å². The second-order valence-electron chi connectivity index (χ2n) is 7.46. The van der Waals surface area contributed by atoms with Gasteiger partial charge in [0.15, 0.2) is 6.04 Å². The molecule has 1 rings (SSSR count). The van der Waals surface area contributed by atoms with Crippen molar-refractivity contribution in [2.24, 2.45) is 0 Å². The van der Waals surface area contributed by atoms with Crippen LogP contribution in [0.25, 0.3) is 0 Å². The number of carbonyl (C=O) groups excluding carboxylic acids is 1. The predicted octanol–water partition coefficient (Wildman–Crippen LogP) is 4.43. The van der Waals surface area contributed by atoms with Crippen LogP contribution in [0.1, 0.15) is 64.3 Å². The molecule has 0 fully saturated rings. The van der Waals surface area contributed by atoms with Crippen molar-refractivity contribution in [3.8, 4) is 0 Å². The van der Waals surface area contributed by atoms with Crippen molar-refractivity contribution in [3.63, 3.8) is 0 Å². The Bertz CT molecular complexity index is 566. The Morgan fingerprint density at radius 1 is 1.22 bits per heavy atom. The van der Waals surface area contributed by atoms with E-state index in [1.54, 1.807) is 33.8 Å². The van der Waals surface area contributed by atoms with Crippen LogP contribution in [0.15, 0.2) is 12.1 Å². The molecule has 0 saturated heterocycles. The number of amides is 1. The number of carboxylic acids is 1. The Morgan fingerprint density at radius 3 is 2.13 bits per heavy atom. The molecule has 1 atom stereocenters. The molecule has 1 amide bonds. The van der Waals surface area contributed by atoms with E-state index < -0.39 is 23.7 Å². The normalized spacial score (nSPS) is 13.5. The zero-order valence-corrected chi connectivity index (χ0v) is 15.8. The van der Waals surface area contributed by atoms with E-state index in [1.165, 1.54) is 16.2 Å². The molecule has 23 heavy (non-hydrogen) atoms. The summed E-state index contributed by atoms with van der Waals surface area (Å²) in [5, 5.41) is 9.64. The van der Waals surface area contributed by atoms with E-state index in [9.17, 15) is 14.7 Å². The van der Waals surface area contributed by atoms with E-state index in [-0.39, 0.29) is 12.0 Å². The highest BCUT2D eigenvalue weighted by molar-refractivity contribution is 7.12. The van der Waals surface area contributed by atoms with Crippen LogP contribution in [0, 0.1) is 0 Å². The maximum Gasteiger partial charge on any atom is 0.411 e. The lowest BCUT2D eigenvalue weighted by molar-refractivity contribution is -0.143. The fourth-order valence-electron chi connectivity index (χ4n) is 2.05. The van der Waals surface area contributed by atoms with Gasteiger partial charge in [-0.2, -0.15) is 0 Å². The van der Waals surface area contributed by atoms with E-state index in [0.29, 0.717) is 4.88 Å². The van der Waals surface area contributed by atoms with Crippen LogP contribution in [0.3, 0.4) is 0 Å². The van der Waals surface area contributed by atoms with Crippen LogP contribution >= 0.6 is 11.3 Å². The molecule has 0 aromatic carbocycles. The van der Waals surface area contributed by atoms with Crippen LogP contribution in [-0.2, 0) is 14.9 Å². The number of carbonyl (C=O) groups is 2. The van der Waals surface area contributed by atoms with Gasteiger partial charge in [-0.05, 0) is 45.2 Å². The number of hydrogen-bond donors (Lipinski definition) is 1. The van der Waals surface area contributed by atoms with Gasteiger partial charge in [0.2, 0.25) is 0 Å². The smallest absolute Gasteiger partial charge is 0.411 e. The summed E-state index contributed by atoms with van der Waals surface area (Å²) in [7, 11) is 0. The van der Waals surface area contributed by atoms with Gasteiger partial charge in [0.1, 0.15) is 5.60 Å². The van der Waals surface area contributed by atoms with E-state index in [1.807, 2.05) is 6.07 Å². The lowest BCUT2D eigenvalue weighted by atomic mass is 9.95. The second-order valence-corrected chi connectivity index (χ2v) is 8.57. The molecule has 0 aliphatic rings. The van der Waals surface area contributed by atoms with Gasteiger partial charge in [0.05, 0.1) is 0 Å². The Labute approximate surface area is 142 Å². The van der Waals surface area contributed by atoms with Crippen molar-refractivity contribution in [1.29, 1.82) is 0 Å². The summed E-state index contributed by atoms with van der Waals surface area (Å²) in [6.45, 7) is 13.5. The Morgan fingerprint density at radius 2 is 1.78 bits per heavy atom. The Hall–Kier alpha value is -1.56. The van der Waals surface area contributed by atoms with Gasteiger partial charge in [-0.15, -0.1) is 11.3 Å². The molecule has 1 N–H and O–H groups in total. The number of ether oxygens (including phenoxy) is 1. The zero-order chi connectivity index (χ0) is 18.0. The molecule has 0 saturated carbocycles. The molecule has 6 heteroatoms. The van der Waals surface area contributed by atoms with Crippen LogP contribution in [0.4, 0.5) is 4.79 Å². The number of thiophene rings is 1. The van der Waals surface area contributed by atoms with E-state index in [0.717, 1.165) is 4.88 Å². The summed E-state index contributed by atoms with van der Waals surface area (Å²) >= 11 is 1.43. The minimum atomic E-state index is -1.06. The number of likely N-dealkylation sites (N-methyl/N-ethyl adjacent to an activating group) is 1. The summed E-state index contributed by atoms with van der Waals surface area (Å²) in [5.74, 6) is -1.06. The van der Waals surface area contributed by atoms with Crippen molar-refractivity contribution in [3.05, 3.63) is 21.9 Å². The van der Waals surface area contributed by atoms with E-state index >= 15 is 0 Å². The van der Waals surface area contributed by atoms with Crippen molar-refractivity contribution in [1.82, 2.24) is 4.90 Å². The first-order chi connectivity index (χ1) is 10.4. The summed E-state index contributed by atoms with van der Waals surface area (Å²) in [6, 6.07) is 2.69. The molecule has 130 valence electrons. The largest absolute Gasteiger partial charge is 0.479 e. The standard InChI is InChI=1S/C17H27NO4S/c1-8-18(15(21)22-17(5,6)7)13(14(19)20)11-9-10-12(23-11)16(2,3)4/h9-10,13H,8H2,1-7H3,(H,19,20). The third-order valence-electron chi connectivity index (χ3n) is 3.15. The summed E-state index contributed by atoms with van der Waals surface area (Å²) in [6.07, 6.45) is -0.613. The second kappa shape index (κ2) is 6.91. The minimum Gasteiger partial charge on any atom is -0.479 e. The van der Waals surface area contributed by atoms with Gasteiger partial charge in [0, 0.05) is 16.3 Å². The van der Waals surface area contributed by atoms with E-state index in [4.69, 9.17) is 4.74 Å². The van der Waals surface area contributed by atoms with Gasteiger partial charge in [-0.1, -0.05) is 20.8 Å². The zero-order valence-electron chi connectivity index (χ0n) is 15.0. The first-order valence-electron chi connectivity index (χ1n) is 7.69. The van der Waals surface area contributed by atoms with Gasteiger partial charge in [-0.3, -0.25) is 4.90 Å². The molecule has 1 aromatic heterocycles. The van der Waals surface area contributed by atoms with Gasteiger partial charge < -0.3 is 9.84 Å². The Kier molecular flexibility index (Phi) is 5.85. The summed E-state index contributed by atoms with van der Waals surface area (Å²) in [4.78, 5) is 27.1. The van der Waals surface area contributed by atoms with Gasteiger partial charge in [0.25, 0.3) is 0 Å².